The highest BCUT2D eigenvalue weighted by molar-refractivity contribution is 7.15. The van der Waals surface area contributed by atoms with Gasteiger partial charge < -0.3 is 14.4 Å². The summed E-state index contributed by atoms with van der Waals surface area (Å²) < 4.78 is 12.3. The number of ether oxygens (including phenoxy) is 2. The standard InChI is InChI=1S/C23H20ClN5O4S/c1-32-16-5-3-4-13(8-16)18-12-34-23-26-22(27-29(18)23)25-21(31)14-9-20(30)28(11-14)17-10-15(24)6-7-19(17)33-2/h3-8,10,12,14H,9,11H2,1-2H3,(H,25,27,31). The molecule has 0 saturated carbocycles. The number of carbonyl (C=O) groups excluding carboxylic acids is 2. The van der Waals surface area contributed by atoms with E-state index in [1.165, 1.54) is 23.3 Å². The summed E-state index contributed by atoms with van der Waals surface area (Å²) in [5.41, 5.74) is 2.29. The third-order valence-electron chi connectivity index (χ3n) is 5.61. The maximum atomic E-state index is 12.9. The predicted molar refractivity (Wildman–Crippen MR) is 130 cm³/mol. The molecule has 4 aromatic rings. The molecule has 1 aliphatic rings. The molecule has 1 unspecified atom stereocenters. The quantitative estimate of drug-likeness (QED) is 0.430. The largest absolute Gasteiger partial charge is 0.497 e. The fraction of sp³-hybridized carbons (Fsp3) is 0.217. The van der Waals surface area contributed by atoms with E-state index in [2.05, 4.69) is 15.4 Å². The molecular weight excluding hydrogens is 478 g/mol. The SMILES string of the molecule is COc1cccc(-c2csc3nc(NC(=O)C4CC(=O)N(c5cc(Cl)ccc5OC)C4)nn23)c1. The molecule has 2 aromatic heterocycles. The molecule has 1 fully saturated rings. The molecule has 5 rings (SSSR count). The van der Waals surface area contributed by atoms with E-state index in [4.69, 9.17) is 21.1 Å². The smallest absolute Gasteiger partial charge is 0.250 e. The molecular formula is C23H20ClN5O4S. The Labute approximate surface area is 203 Å². The zero-order valence-electron chi connectivity index (χ0n) is 18.3. The van der Waals surface area contributed by atoms with Gasteiger partial charge in [0.2, 0.25) is 22.7 Å². The summed E-state index contributed by atoms with van der Waals surface area (Å²) in [5, 5.41) is 9.64. The van der Waals surface area contributed by atoms with Crippen molar-refractivity contribution in [2.45, 2.75) is 6.42 Å². The lowest BCUT2D eigenvalue weighted by Crippen LogP contribution is -2.28. The maximum absolute atomic E-state index is 12.9. The number of carbonyl (C=O) groups is 2. The number of aromatic nitrogens is 3. The number of nitrogens with zero attached hydrogens (tertiary/aromatic N) is 4. The van der Waals surface area contributed by atoms with Crippen molar-refractivity contribution in [1.82, 2.24) is 14.6 Å². The van der Waals surface area contributed by atoms with Gasteiger partial charge in [-0.15, -0.1) is 16.4 Å². The van der Waals surface area contributed by atoms with Gasteiger partial charge in [0, 0.05) is 28.9 Å². The first-order valence-electron chi connectivity index (χ1n) is 10.4. The first-order chi connectivity index (χ1) is 16.5. The molecule has 9 nitrogen and oxygen atoms in total. The summed E-state index contributed by atoms with van der Waals surface area (Å²) in [6.45, 7) is 0.207. The van der Waals surface area contributed by atoms with E-state index in [0.717, 1.165) is 17.0 Å². The molecule has 1 atom stereocenters. The van der Waals surface area contributed by atoms with E-state index in [0.29, 0.717) is 21.4 Å². The van der Waals surface area contributed by atoms with Crippen LogP contribution in [-0.2, 0) is 9.59 Å². The molecule has 3 heterocycles. The minimum absolute atomic E-state index is 0.0682. The van der Waals surface area contributed by atoms with Gasteiger partial charge in [0.15, 0.2) is 0 Å². The van der Waals surface area contributed by atoms with Crippen molar-refractivity contribution in [2.75, 3.05) is 31.0 Å². The van der Waals surface area contributed by atoms with Crippen LogP contribution in [0, 0.1) is 5.92 Å². The lowest BCUT2D eigenvalue weighted by Gasteiger charge is -2.19. The zero-order chi connectivity index (χ0) is 23.8. The normalized spacial score (nSPS) is 15.7. The number of thiazole rings is 1. The van der Waals surface area contributed by atoms with E-state index >= 15 is 0 Å². The van der Waals surface area contributed by atoms with Gasteiger partial charge in [-0.2, -0.15) is 4.98 Å². The molecule has 0 spiro atoms. The number of methoxy groups -OCH3 is 2. The lowest BCUT2D eigenvalue weighted by molar-refractivity contribution is -0.122. The van der Waals surface area contributed by atoms with Crippen molar-refractivity contribution in [3.05, 3.63) is 52.9 Å². The first kappa shape index (κ1) is 22.2. The van der Waals surface area contributed by atoms with Crippen LogP contribution in [0.3, 0.4) is 0 Å². The minimum Gasteiger partial charge on any atom is -0.497 e. The van der Waals surface area contributed by atoms with Gasteiger partial charge in [-0.05, 0) is 30.3 Å². The van der Waals surface area contributed by atoms with Gasteiger partial charge in [0.1, 0.15) is 11.5 Å². The topological polar surface area (TPSA) is 98.1 Å². The third-order valence-corrected chi connectivity index (χ3v) is 6.66. The highest BCUT2D eigenvalue weighted by Crippen LogP contribution is 2.35. The van der Waals surface area contributed by atoms with Gasteiger partial charge in [0.25, 0.3) is 0 Å². The number of benzene rings is 2. The average Bonchev–Trinajstić information content (AvgIpc) is 3.53. The monoisotopic (exact) mass is 497 g/mol. The Morgan fingerprint density at radius 1 is 1.21 bits per heavy atom. The number of hydrogen-bond donors (Lipinski definition) is 1. The number of nitrogens with one attached hydrogen (secondary N) is 1. The predicted octanol–water partition coefficient (Wildman–Crippen LogP) is 4.12. The fourth-order valence-corrected chi connectivity index (χ4v) is 4.91. The molecule has 2 aromatic carbocycles. The lowest BCUT2D eigenvalue weighted by atomic mass is 10.1. The van der Waals surface area contributed by atoms with Gasteiger partial charge in [-0.1, -0.05) is 23.7 Å². The number of halogens is 1. The molecule has 0 aliphatic carbocycles. The molecule has 0 bridgehead atoms. The molecule has 34 heavy (non-hydrogen) atoms. The zero-order valence-corrected chi connectivity index (χ0v) is 19.9. The van der Waals surface area contributed by atoms with Crippen molar-refractivity contribution >= 4 is 51.3 Å². The van der Waals surface area contributed by atoms with Crippen LogP contribution in [0.4, 0.5) is 11.6 Å². The summed E-state index contributed by atoms with van der Waals surface area (Å²) in [7, 11) is 3.14. The third kappa shape index (κ3) is 4.06. The Balaban J connectivity index is 1.34. The van der Waals surface area contributed by atoms with E-state index in [1.807, 2.05) is 29.6 Å². The number of hydrogen-bond acceptors (Lipinski definition) is 7. The maximum Gasteiger partial charge on any atom is 0.250 e. The van der Waals surface area contributed by atoms with Gasteiger partial charge in [-0.25, -0.2) is 4.52 Å². The Morgan fingerprint density at radius 2 is 2.06 bits per heavy atom. The number of rotatable bonds is 6. The highest BCUT2D eigenvalue weighted by Gasteiger charge is 2.37. The van der Waals surface area contributed by atoms with E-state index in [-0.39, 0.29) is 30.7 Å². The van der Waals surface area contributed by atoms with Crippen molar-refractivity contribution in [3.63, 3.8) is 0 Å². The number of anilines is 2. The molecule has 2 amide bonds. The van der Waals surface area contributed by atoms with Crippen LogP contribution < -0.4 is 19.7 Å². The number of fused-ring (bicyclic) bond motifs is 1. The summed E-state index contributed by atoms with van der Waals surface area (Å²) in [6.07, 6.45) is 0.0682. The van der Waals surface area contributed by atoms with Crippen molar-refractivity contribution in [2.24, 2.45) is 5.92 Å². The Bertz CT molecular complexity index is 1400. The van der Waals surface area contributed by atoms with Crippen molar-refractivity contribution < 1.29 is 19.1 Å². The van der Waals surface area contributed by atoms with E-state index in [9.17, 15) is 9.59 Å². The van der Waals surface area contributed by atoms with Crippen LogP contribution in [0.5, 0.6) is 11.5 Å². The van der Waals surface area contributed by atoms with Crippen LogP contribution in [0.1, 0.15) is 6.42 Å². The van der Waals surface area contributed by atoms with Crippen LogP contribution in [0.25, 0.3) is 16.2 Å². The van der Waals surface area contributed by atoms with E-state index in [1.54, 1.807) is 29.8 Å². The number of amides is 2. The Hall–Kier alpha value is -3.63. The molecule has 11 heteroatoms. The summed E-state index contributed by atoms with van der Waals surface area (Å²) >= 11 is 7.52. The second-order valence-electron chi connectivity index (χ2n) is 7.69. The molecule has 1 aliphatic heterocycles. The molecule has 1 N–H and O–H groups in total. The summed E-state index contributed by atoms with van der Waals surface area (Å²) in [5.74, 6) is 0.373. The molecule has 1 saturated heterocycles. The summed E-state index contributed by atoms with van der Waals surface area (Å²) in [4.78, 5) is 32.2. The minimum atomic E-state index is -0.560. The molecule has 174 valence electrons. The van der Waals surface area contributed by atoms with Crippen LogP contribution in [0.2, 0.25) is 5.02 Å². The van der Waals surface area contributed by atoms with Crippen molar-refractivity contribution in [3.8, 4) is 22.8 Å². The Kier molecular flexibility index (Phi) is 5.84. The van der Waals surface area contributed by atoms with Crippen LogP contribution in [0.15, 0.2) is 47.8 Å². The van der Waals surface area contributed by atoms with Crippen LogP contribution in [-0.4, -0.2) is 47.2 Å². The van der Waals surface area contributed by atoms with Gasteiger partial charge >= 0.3 is 0 Å². The molecule has 0 radical (unpaired) electrons. The Morgan fingerprint density at radius 3 is 2.85 bits per heavy atom. The van der Waals surface area contributed by atoms with Gasteiger partial charge in [-0.3, -0.25) is 14.9 Å². The summed E-state index contributed by atoms with van der Waals surface area (Å²) in [6, 6.07) is 12.7. The fourth-order valence-electron chi connectivity index (χ4n) is 3.92. The first-order valence-corrected chi connectivity index (χ1v) is 11.7. The second kappa shape index (κ2) is 8.96. The second-order valence-corrected chi connectivity index (χ2v) is 8.97. The van der Waals surface area contributed by atoms with E-state index < -0.39 is 5.92 Å². The van der Waals surface area contributed by atoms with Crippen LogP contribution >= 0.6 is 22.9 Å². The van der Waals surface area contributed by atoms with Gasteiger partial charge in [0.05, 0.1) is 31.5 Å². The average molecular weight is 498 g/mol. The highest BCUT2D eigenvalue weighted by atomic mass is 35.5. The van der Waals surface area contributed by atoms with Crippen molar-refractivity contribution in [1.29, 1.82) is 0 Å².